The van der Waals surface area contributed by atoms with Gasteiger partial charge in [0.25, 0.3) is 0 Å². The molecule has 100 valence electrons. The highest BCUT2D eigenvalue weighted by Crippen LogP contribution is 2.25. The number of nitrogen functional groups attached to an aromatic ring is 1. The molecule has 0 amide bonds. The first kappa shape index (κ1) is 13.2. The zero-order valence-electron chi connectivity index (χ0n) is 11.5. The Morgan fingerprint density at radius 3 is 2.74 bits per heavy atom. The monoisotopic (exact) mass is 257 g/mol. The zero-order valence-corrected chi connectivity index (χ0v) is 11.5. The molecule has 1 heterocycles. The number of ether oxygens (including phenoxy) is 1. The van der Waals surface area contributed by atoms with Crippen LogP contribution in [0.4, 0.5) is 17.2 Å². The molecule has 3 N–H and O–H groups in total. The molecule has 0 radical (unpaired) electrons. The summed E-state index contributed by atoms with van der Waals surface area (Å²) in [6.45, 7) is 6.62. The Balaban J connectivity index is 2.28. The molecule has 0 aliphatic heterocycles. The zero-order chi connectivity index (χ0) is 13.8. The van der Waals surface area contributed by atoms with Gasteiger partial charge in [-0.2, -0.15) is 4.98 Å². The maximum absolute atomic E-state index is 5.81. The molecule has 0 saturated carbocycles. The first-order valence-corrected chi connectivity index (χ1v) is 6.34. The van der Waals surface area contributed by atoms with E-state index in [0.717, 1.165) is 11.5 Å². The van der Waals surface area contributed by atoms with Crippen LogP contribution in [0.15, 0.2) is 30.3 Å². The van der Waals surface area contributed by atoms with Crippen molar-refractivity contribution >= 4 is 17.2 Å². The predicted molar refractivity (Wildman–Crippen MR) is 79.0 cm³/mol. The summed E-state index contributed by atoms with van der Waals surface area (Å²) in [5.41, 5.74) is 9.85. The fourth-order valence-corrected chi connectivity index (χ4v) is 1.80. The number of benzene rings is 1. The Kier molecular flexibility index (Phi) is 3.90. The molecule has 0 aliphatic carbocycles. The van der Waals surface area contributed by atoms with Crippen LogP contribution in [0.3, 0.4) is 0 Å². The van der Waals surface area contributed by atoms with Crippen LogP contribution in [0.2, 0.25) is 0 Å². The van der Waals surface area contributed by atoms with Crippen molar-refractivity contribution in [3.8, 4) is 5.88 Å². The van der Waals surface area contributed by atoms with Gasteiger partial charge in [0, 0.05) is 5.69 Å². The maximum Gasteiger partial charge on any atom is 0.239 e. The van der Waals surface area contributed by atoms with E-state index in [2.05, 4.69) is 30.2 Å². The molecule has 0 atom stereocenters. The molecule has 4 nitrogen and oxygen atoms in total. The quantitative estimate of drug-likeness (QED) is 0.881. The number of hydrogen-bond donors (Lipinski definition) is 2. The van der Waals surface area contributed by atoms with Crippen LogP contribution in [0.5, 0.6) is 5.88 Å². The number of nitrogens with two attached hydrogens (primary N) is 1. The lowest BCUT2D eigenvalue weighted by Crippen LogP contribution is -2.02. The number of aryl methyl sites for hydroxylation is 1. The number of anilines is 3. The van der Waals surface area contributed by atoms with Crippen LogP contribution in [0.25, 0.3) is 0 Å². The first-order chi connectivity index (χ1) is 9.11. The summed E-state index contributed by atoms with van der Waals surface area (Å²) in [7, 11) is 0. The highest BCUT2D eigenvalue weighted by Gasteiger charge is 2.06. The molecule has 4 heteroatoms. The van der Waals surface area contributed by atoms with E-state index < -0.39 is 0 Å². The number of pyridine rings is 1. The summed E-state index contributed by atoms with van der Waals surface area (Å²) >= 11 is 0. The lowest BCUT2D eigenvalue weighted by Gasteiger charge is -2.12. The molecule has 19 heavy (non-hydrogen) atoms. The second-order valence-electron chi connectivity index (χ2n) is 4.40. The van der Waals surface area contributed by atoms with E-state index in [4.69, 9.17) is 10.5 Å². The molecule has 0 aliphatic rings. The Morgan fingerprint density at radius 1 is 1.21 bits per heavy atom. The van der Waals surface area contributed by atoms with Crippen LogP contribution in [-0.2, 0) is 0 Å². The van der Waals surface area contributed by atoms with Gasteiger partial charge in [-0.3, -0.25) is 0 Å². The summed E-state index contributed by atoms with van der Waals surface area (Å²) in [4.78, 5) is 4.37. The number of aromatic nitrogens is 1. The minimum atomic E-state index is 0.470. The van der Waals surface area contributed by atoms with E-state index in [1.165, 1.54) is 11.1 Å². The van der Waals surface area contributed by atoms with Gasteiger partial charge in [-0.1, -0.05) is 12.1 Å². The van der Waals surface area contributed by atoms with Crippen molar-refractivity contribution in [2.45, 2.75) is 20.8 Å². The Morgan fingerprint density at radius 2 is 2.00 bits per heavy atom. The molecule has 0 unspecified atom stereocenters. The topological polar surface area (TPSA) is 60.2 Å². The number of nitrogens with zero attached hydrogens (tertiary/aromatic N) is 1. The molecule has 0 fully saturated rings. The third-order valence-corrected chi connectivity index (χ3v) is 3.04. The second-order valence-corrected chi connectivity index (χ2v) is 4.40. The van der Waals surface area contributed by atoms with E-state index in [-0.39, 0.29) is 0 Å². The minimum absolute atomic E-state index is 0.470. The van der Waals surface area contributed by atoms with Gasteiger partial charge in [0.15, 0.2) is 0 Å². The molecule has 0 saturated heterocycles. The van der Waals surface area contributed by atoms with Gasteiger partial charge in [0.05, 0.1) is 12.3 Å². The van der Waals surface area contributed by atoms with Gasteiger partial charge < -0.3 is 15.8 Å². The predicted octanol–water partition coefficient (Wildman–Crippen LogP) is 3.42. The van der Waals surface area contributed by atoms with Crippen LogP contribution in [0, 0.1) is 13.8 Å². The maximum atomic E-state index is 5.81. The van der Waals surface area contributed by atoms with Crippen molar-refractivity contribution in [1.82, 2.24) is 4.98 Å². The smallest absolute Gasteiger partial charge is 0.239 e. The summed E-state index contributed by atoms with van der Waals surface area (Å²) in [5.74, 6) is 1.20. The molecule has 2 rings (SSSR count). The number of rotatable bonds is 4. The lowest BCUT2D eigenvalue weighted by molar-refractivity contribution is 0.329. The van der Waals surface area contributed by atoms with Gasteiger partial charge in [-0.15, -0.1) is 0 Å². The minimum Gasteiger partial charge on any atom is -0.476 e. The summed E-state index contributed by atoms with van der Waals surface area (Å²) in [6.07, 6.45) is 0. The van der Waals surface area contributed by atoms with Crippen LogP contribution < -0.4 is 15.8 Å². The van der Waals surface area contributed by atoms with E-state index in [9.17, 15) is 0 Å². The molecular formula is C15H19N3O. The van der Waals surface area contributed by atoms with E-state index in [1.807, 2.05) is 25.1 Å². The average Bonchev–Trinajstić information content (AvgIpc) is 2.39. The van der Waals surface area contributed by atoms with E-state index >= 15 is 0 Å². The Bertz CT molecular complexity index is 582. The molecule has 1 aromatic heterocycles. The highest BCUT2D eigenvalue weighted by atomic mass is 16.5. The molecule has 0 bridgehead atoms. The van der Waals surface area contributed by atoms with Gasteiger partial charge in [0.2, 0.25) is 5.88 Å². The summed E-state index contributed by atoms with van der Waals surface area (Å²) in [6, 6.07) is 9.78. The van der Waals surface area contributed by atoms with Gasteiger partial charge in [0.1, 0.15) is 5.82 Å². The van der Waals surface area contributed by atoms with Crippen molar-refractivity contribution in [2.24, 2.45) is 0 Å². The fourth-order valence-electron chi connectivity index (χ4n) is 1.80. The third kappa shape index (κ3) is 2.96. The Hall–Kier alpha value is -2.23. The third-order valence-electron chi connectivity index (χ3n) is 3.04. The van der Waals surface area contributed by atoms with Crippen molar-refractivity contribution in [3.63, 3.8) is 0 Å². The number of hydrogen-bond acceptors (Lipinski definition) is 4. The van der Waals surface area contributed by atoms with Crippen molar-refractivity contribution in [2.75, 3.05) is 17.7 Å². The second kappa shape index (κ2) is 5.61. The molecule has 0 spiro atoms. The first-order valence-electron chi connectivity index (χ1n) is 6.34. The SMILES string of the molecule is CCOc1nc(Nc2cccc(C)c2C)ccc1N. The fraction of sp³-hybridized carbons (Fsp3) is 0.267. The number of nitrogens with one attached hydrogen (secondary N) is 1. The van der Waals surface area contributed by atoms with Crippen molar-refractivity contribution in [3.05, 3.63) is 41.5 Å². The van der Waals surface area contributed by atoms with Crippen molar-refractivity contribution in [1.29, 1.82) is 0 Å². The molecule has 2 aromatic rings. The van der Waals surface area contributed by atoms with Crippen LogP contribution >= 0.6 is 0 Å². The average molecular weight is 257 g/mol. The van der Waals surface area contributed by atoms with Gasteiger partial charge >= 0.3 is 0 Å². The van der Waals surface area contributed by atoms with E-state index in [1.54, 1.807) is 6.07 Å². The molecular weight excluding hydrogens is 238 g/mol. The van der Waals surface area contributed by atoms with Crippen LogP contribution in [-0.4, -0.2) is 11.6 Å². The standard InChI is InChI=1S/C15H19N3O/c1-4-19-15-12(16)8-9-14(18-15)17-13-7-5-6-10(2)11(13)3/h5-9H,4,16H2,1-3H3,(H,17,18). The Labute approximate surface area is 113 Å². The molecule has 1 aromatic carbocycles. The summed E-state index contributed by atoms with van der Waals surface area (Å²) < 4.78 is 5.39. The summed E-state index contributed by atoms with van der Waals surface area (Å²) in [5, 5.41) is 3.29. The van der Waals surface area contributed by atoms with Gasteiger partial charge in [-0.25, -0.2) is 0 Å². The highest BCUT2D eigenvalue weighted by molar-refractivity contribution is 5.64. The normalized spacial score (nSPS) is 10.3. The van der Waals surface area contributed by atoms with E-state index in [0.29, 0.717) is 18.2 Å². The van der Waals surface area contributed by atoms with Gasteiger partial charge in [-0.05, 0) is 50.1 Å². The largest absolute Gasteiger partial charge is 0.476 e. The van der Waals surface area contributed by atoms with Crippen LogP contribution in [0.1, 0.15) is 18.1 Å². The van der Waals surface area contributed by atoms with Crippen molar-refractivity contribution < 1.29 is 4.74 Å². The lowest BCUT2D eigenvalue weighted by atomic mass is 10.1.